The maximum Gasteiger partial charge on any atom is 0.320 e. The van der Waals surface area contributed by atoms with Gasteiger partial charge in [0, 0.05) is 24.9 Å². The molecule has 5 N–H and O–H groups in total. The van der Waals surface area contributed by atoms with Gasteiger partial charge < -0.3 is 16.6 Å². The lowest BCUT2D eigenvalue weighted by molar-refractivity contribution is -0.138. The zero-order valence-electron chi connectivity index (χ0n) is 9.11. The van der Waals surface area contributed by atoms with Crippen LogP contribution in [0, 0.1) is 5.92 Å². The van der Waals surface area contributed by atoms with Crippen LogP contribution in [0.2, 0.25) is 0 Å². The number of carbonyl (C=O) groups is 2. The molecule has 1 unspecified atom stereocenters. The maximum absolute atomic E-state index is 11.9. The number of nitrogens with two attached hydrogens (primary N) is 2. The zero-order chi connectivity index (χ0) is 12.8. The Bertz CT molecular complexity index is 396. The highest BCUT2D eigenvalue weighted by Crippen LogP contribution is 2.10. The second kappa shape index (κ2) is 6.02. The SMILES string of the molecule is NCC(C[C@H](N)C(=O)O)C(=O)c1cnccn1. The fraction of sp³-hybridized carbons (Fsp3) is 0.400. The normalized spacial score (nSPS) is 14.0. The van der Waals surface area contributed by atoms with Gasteiger partial charge in [0.25, 0.3) is 0 Å². The van der Waals surface area contributed by atoms with Gasteiger partial charge in [0.05, 0.1) is 6.20 Å². The highest BCUT2D eigenvalue weighted by molar-refractivity contribution is 5.96. The predicted molar refractivity (Wildman–Crippen MR) is 59.1 cm³/mol. The minimum absolute atomic E-state index is 0.0127. The van der Waals surface area contributed by atoms with Crippen LogP contribution in [-0.4, -0.2) is 39.4 Å². The molecule has 1 aromatic rings. The standard InChI is InChI=1S/C10H14N4O3/c11-4-6(3-7(12)10(16)17)9(15)8-5-13-1-2-14-8/h1-2,5-7H,3-4,11-12H2,(H,16,17)/t6?,7-/m0/s1. The van der Waals surface area contributed by atoms with Crippen LogP contribution in [0.4, 0.5) is 0 Å². The Kier molecular flexibility index (Phi) is 4.68. The Morgan fingerprint density at radius 3 is 2.59 bits per heavy atom. The summed E-state index contributed by atoms with van der Waals surface area (Å²) >= 11 is 0. The first-order valence-corrected chi connectivity index (χ1v) is 5.05. The summed E-state index contributed by atoms with van der Waals surface area (Å²) in [5, 5.41) is 8.67. The highest BCUT2D eigenvalue weighted by atomic mass is 16.4. The number of rotatable bonds is 6. The molecule has 2 atom stereocenters. The molecule has 7 nitrogen and oxygen atoms in total. The molecular formula is C10H14N4O3. The molecule has 0 saturated heterocycles. The van der Waals surface area contributed by atoms with Crippen LogP contribution in [-0.2, 0) is 4.79 Å². The first-order valence-electron chi connectivity index (χ1n) is 5.05. The van der Waals surface area contributed by atoms with Crippen molar-refractivity contribution in [3.8, 4) is 0 Å². The summed E-state index contributed by atoms with van der Waals surface area (Å²) in [4.78, 5) is 30.1. The molecular weight excluding hydrogens is 224 g/mol. The van der Waals surface area contributed by atoms with E-state index in [0.29, 0.717) is 0 Å². The van der Waals surface area contributed by atoms with E-state index < -0.39 is 17.9 Å². The van der Waals surface area contributed by atoms with Gasteiger partial charge in [-0.3, -0.25) is 14.6 Å². The molecule has 1 rings (SSSR count). The second-order valence-electron chi connectivity index (χ2n) is 3.57. The summed E-state index contributed by atoms with van der Waals surface area (Å²) in [6.45, 7) is 0.0242. The molecule has 0 saturated carbocycles. The van der Waals surface area contributed by atoms with Gasteiger partial charge in [-0.2, -0.15) is 0 Å². The van der Waals surface area contributed by atoms with E-state index in [-0.39, 0.29) is 24.4 Å². The average molecular weight is 238 g/mol. The summed E-state index contributed by atoms with van der Waals surface area (Å²) < 4.78 is 0. The van der Waals surface area contributed by atoms with E-state index in [0.717, 1.165) is 0 Å². The van der Waals surface area contributed by atoms with Crippen LogP contribution in [0.25, 0.3) is 0 Å². The van der Waals surface area contributed by atoms with E-state index in [1.807, 2.05) is 0 Å². The van der Waals surface area contributed by atoms with E-state index in [1.54, 1.807) is 0 Å². The molecule has 0 spiro atoms. The molecule has 0 aliphatic heterocycles. The van der Waals surface area contributed by atoms with Crippen molar-refractivity contribution < 1.29 is 14.7 Å². The van der Waals surface area contributed by atoms with E-state index >= 15 is 0 Å². The minimum Gasteiger partial charge on any atom is -0.480 e. The fourth-order valence-corrected chi connectivity index (χ4v) is 1.35. The first-order chi connectivity index (χ1) is 8.06. The molecule has 0 fully saturated rings. The Hall–Kier alpha value is -1.86. The van der Waals surface area contributed by atoms with Crippen molar-refractivity contribution in [1.29, 1.82) is 0 Å². The van der Waals surface area contributed by atoms with Gasteiger partial charge in [-0.1, -0.05) is 0 Å². The number of aromatic nitrogens is 2. The topological polar surface area (TPSA) is 132 Å². The summed E-state index contributed by atoms with van der Waals surface area (Å²) in [7, 11) is 0. The third-order valence-electron chi connectivity index (χ3n) is 2.33. The van der Waals surface area contributed by atoms with Gasteiger partial charge in [-0.25, -0.2) is 4.98 Å². The number of hydrogen-bond acceptors (Lipinski definition) is 6. The fourth-order valence-electron chi connectivity index (χ4n) is 1.35. The van der Waals surface area contributed by atoms with Gasteiger partial charge in [0.1, 0.15) is 11.7 Å². The van der Waals surface area contributed by atoms with Gasteiger partial charge in [0.15, 0.2) is 5.78 Å². The van der Waals surface area contributed by atoms with Crippen molar-refractivity contribution in [2.45, 2.75) is 12.5 Å². The first kappa shape index (κ1) is 13.2. The predicted octanol–water partition coefficient (Wildman–Crippen LogP) is -0.964. The summed E-state index contributed by atoms with van der Waals surface area (Å²) in [6, 6.07) is -1.11. The van der Waals surface area contributed by atoms with Crippen molar-refractivity contribution in [1.82, 2.24) is 9.97 Å². The van der Waals surface area contributed by atoms with Crippen molar-refractivity contribution in [3.05, 3.63) is 24.3 Å². The van der Waals surface area contributed by atoms with E-state index in [2.05, 4.69) is 9.97 Å². The Morgan fingerprint density at radius 1 is 1.41 bits per heavy atom. The summed E-state index contributed by atoms with van der Waals surface area (Å²) in [5.74, 6) is -2.15. The van der Waals surface area contributed by atoms with Gasteiger partial charge in [0.2, 0.25) is 0 Å². The minimum atomic E-state index is -1.16. The monoisotopic (exact) mass is 238 g/mol. The molecule has 0 aromatic carbocycles. The lowest BCUT2D eigenvalue weighted by Gasteiger charge is -2.15. The number of carbonyl (C=O) groups excluding carboxylic acids is 1. The molecule has 0 amide bonds. The summed E-state index contributed by atoms with van der Waals surface area (Å²) in [5.41, 5.74) is 11.0. The third-order valence-corrected chi connectivity index (χ3v) is 2.33. The number of carboxylic acid groups (broad SMARTS) is 1. The van der Waals surface area contributed by atoms with Crippen LogP contribution >= 0.6 is 0 Å². The van der Waals surface area contributed by atoms with Crippen molar-refractivity contribution in [3.63, 3.8) is 0 Å². The van der Waals surface area contributed by atoms with Gasteiger partial charge in [-0.05, 0) is 6.42 Å². The number of ketones is 1. The quantitative estimate of drug-likeness (QED) is 0.543. The number of Topliss-reactive ketones (excluding diaryl/α,β-unsaturated/α-hetero) is 1. The van der Waals surface area contributed by atoms with Crippen molar-refractivity contribution in [2.24, 2.45) is 17.4 Å². The molecule has 17 heavy (non-hydrogen) atoms. The van der Waals surface area contributed by atoms with Gasteiger partial charge in [-0.15, -0.1) is 0 Å². The largest absolute Gasteiger partial charge is 0.480 e. The highest BCUT2D eigenvalue weighted by Gasteiger charge is 2.25. The molecule has 0 aliphatic carbocycles. The van der Waals surface area contributed by atoms with Crippen LogP contribution in [0.5, 0.6) is 0 Å². The lowest BCUT2D eigenvalue weighted by Crippen LogP contribution is -2.37. The Balaban J connectivity index is 2.75. The molecule has 92 valence electrons. The zero-order valence-corrected chi connectivity index (χ0v) is 9.11. The van der Waals surface area contributed by atoms with E-state index in [1.165, 1.54) is 18.6 Å². The molecule has 0 radical (unpaired) electrons. The number of aliphatic carboxylic acids is 1. The molecule has 0 aliphatic rings. The van der Waals surface area contributed by atoms with Crippen LogP contribution < -0.4 is 11.5 Å². The third kappa shape index (κ3) is 3.58. The summed E-state index contributed by atoms with van der Waals surface area (Å²) in [6.07, 6.45) is 4.13. The molecule has 0 bridgehead atoms. The van der Waals surface area contributed by atoms with Crippen LogP contribution in [0.3, 0.4) is 0 Å². The maximum atomic E-state index is 11.9. The molecule has 7 heteroatoms. The number of hydrogen-bond donors (Lipinski definition) is 3. The smallest absolute Gasteiger partial charge is 0.320 e. The molecule has 1 aromatic heterocycles. The molecule has 1 heterocycles. The van der Waals surface area contributed by atoms with Crippen LogP contribution in [0.15, 0.2) is 18.6 Å². The number of carboxylic acids is 1. The second-order valence-corrected chi connectivity index (χ2v) is 3.57. The Morgan fingerprint density at radius 2 is 2.12 bits per heavy atom. The average Bonchev–Trinajstić information content (AvgIpc) is 2.35. The number of nitrogens with zero attached hydrogens (tertiary/aromatic N) is 2. The van der Waals surface area contributed by atoms with Crippen molar-refractivity contribution >= 4 is 11.8 Å². The lowest BCUT2D eigenvalue weighted by atomic mass is 9.94. The van der Waals surface area contributed by atoms with Crippen LogP contribution in [0.1, 0.15) is 16.9 Å². The van der Waals surface area contributed by atoms with Gasteiger partial charge >= 0.3 is 5.97 Å². The Labute approximate surface area is 97.9 Å². The van der Waals surface area contributed by atoms with E-state index in [9.17, 15) is 9.59 Å². The van der Waals surface area contributed by atoms with Crippen molar-refractivity contribution in [2.75, 3.05) is 6.54 Å². The van der Waals surface area contributed by atoms with E-state index in [4.69, 9.17) is 16.6 Å².